The second kappa shape index (κ2) is 7.41. The fourth-order valence-corrected chi connectivity index (χ4v) is 3.29. The Morgan fingerprint density at radius 3 is 2.45 bits per heavy atom. The number of hydrogen-bond acceptors (Lipinski definition) is 4. The zero-order valence-electron chi connectivity index (χ0n) is 12.5. The molecule has 4 N–H and O–H groups in total. The van der Waals surface area contributed by atoms with Crippen LogP contribution in [-0.2, 0) is 20.6 Å². The van der Waals surface area contributed by atoms with Gasteiger partial charge in [0.25, 0.3) is 0 Å². The number of benzene rings is 1. The Labute approximate surface area is 137 Å². The first-order valence-corrected chi connectivity index (χ1v) is 8.72. The summed E-state index contributed by atoms with van der Waals surface area (Å²) in [6.45, 7) is 2.85. The van der Waals surface area contributed by atoms with Crippen molar-refractivity contribution in [3.05, 3.63) is 29.8 Å². The number of primary sulfonamides is 1. The molecule has 1 heterocycles. The van der Waals surface area contributed by atoms with E-state index in [1.165, 1.54) is 0 Å². The third kappa shape index (κ3) is 4.67. The third-order valence-corrected chi connectivity index (χ3v) is 4.60. The first-order valence-electron chi connectivity index (χ1n) is 7.00. The fraction of sp³-hybridized carbons (Fsp3) is 0.500. The third-order valence-electron chi connectivity index (χ3n) is 3.86. The number of anilines is 1. The summed E-state index contributed by atoms with van der Waals surface area (Å²) in [5, 5.41) is 11.2. The molecule has 8 heteroatoms. The summed E-state index contributed by atoms with van der Waals surface area (Å²) in [6.07, 6.45) is 2.57. The molecule has 2 rings (SSSR count). The van der Waals surface area contributed by atoms with Crippen LogP contribution in [0.3, 0.4) is 0 Å². The molecule has 1 aliphatic heterocycles. The Bertz CT molecular complexity index is 611. The van der Waals surface area contributed by atoms with Crippen molar-refractivity contribution >= 4 is 34.0 Å². The summed E-state index contributed by atoms with van der Waals surface area (Å²) in [5.41, 5.74) is 0.763. The summed E-state index contributed by atoms with van der Waals surface area (Å²) < 4.78 is 22.0. The Morgan fingerprint density at radius 2 is 2.00 bits per heavy atom. The molecule has 0 spiro atoms. The molecule has 1 saturated heterocycles. The highest BCUT2D eigenvalue weighted by Gasteiger charge is 2.38. The average molecular weight is 348 g/mol. The van der Waals surface area contributed by atoms with Crippen molar-refractivity contribution in [3.8, 4) is 0 Å². The van der Waals surface area contributed by atoms with Crippen molar-refractivity contribution in [2.75, 3.05) is 11.9 Å². The molecule has 0 bridgehead atoms. The van der Waals surface area contributed by atoms with Crippen LogP contribution in [0.5, 0.6) is 0 Å². The standard InChI is InChI=1S/C14H21N3O3S.ClH/c1-2-14(8-3-9-16-14)13(18)17-12-6-4-11(5-7-12)10-21(15,19)20;/h4-7,16H,2-3,8-10H2,1H3,(H,17,18)(H2,15,19,20);1H. The second-order valence-corrected chi connectivity index (χ2v) is 7.04. The topological polar surface area (TPSA) is 101 Å². The van der Waals surface area contributed by atoms with Gasteiger partial charge in [-0.3, -0.25) is 4.79 Å². The van der Waals surface area contributed by atoms with Crippen molar-refractivity contribution in [2.45, 2.75) is 37.5 Å². The van der Waals surface area contributed by atoms with Crippen LogP contribution in [0.25, 0.3) is 0 Å². The average Bonchev–Trinajstić information content (AvgIpc) is 2.89. The number of amides is 1. The molecule has 124 valence electrons. The van der Waals surface area contributed by atoms with Gasteiger partial charge in [0.1, 0.15) is 0 Å². The summed E-state index contributed by atoms with van der Waals surface area (Å²) in [6, 6.07) is 6.69. The quantitative estimate of drug-likeness (QED) is 0.748. The van der Waals surface area contributed by atoms with Crippen LogP contribution in [0.15, 0.2) is 24.3 Å². The zero-order chi connectivity index (χ0) is 15.5. The van der Waals surface area contributed by atoms with Gasteiger partial charge in [-0.05, 0) is 43.5 Å². The molecule has 1 fully saturated rings. The van der Waals surface area contributed by atoms with Crippen molar-refractivity contribution in [1.29, 1.82) is 0 Å². The molecule has 1 aliphatic rings. The van der Waals surface area contributed by atoms with E-state index in [2.05, 4.69) is 10.6 Å². The van der Waals surface area contributed by atoms with E-state index < -0.39 is 15.6 Å². The lowest BCUT2D eigenvalue weighted by atomic mass is 9.93. The molecule has 1 amide bonds. The van der Waals surface area contributed by atoms with E-state index in [0.717, 1.165) is 25.8 Å². The van der Waals surface area contributed by atoms with Gasteiger partial charge in [-0.25, -0.2) is 13.6 Å². The monoisotopic (exact) mass is 347 g/mol. The maximum atomic E-state index is 12.4. The van der Waals surface area contributed by atoms with E-state index >= 15 is 0 Å². The lowest BCUT2D eigenvalue weighted by molar-refractivity contribution is -0.122. The molecule has 22 heavy (non-hydrogen) atoms. The van der Waals surface area contributed by atoms with E-state index in [4.69, 9.17) is 5.14 Å². The van der Waals surface area contributed by atoms with Crippen LogP contribution < -0.4 is 15.8 Å². The molecule has 0 aromatic heterocycles. The highest BCUT2D eigenvalue weighted by Crippen LogP contribution is 2.25. The minimum atomic E-state index is -3.54. The minimum Gasteiger partial charge on any atom is -0.324 e. The Kier molecular flexibility index (Phi) is 6.37. The smallest absolute Gasteiger partial charge is 0.244 e. The molecule has 0 aliphatic carbocycles. The van der Waals surface area contributed by atoms with Gasteiger partial charge in [-0.2, -0.15) is 0 Å². The maximum Gasteiger partial charge on any atom is 0.244 e. The lowest BCUT2D eigenvalue weighted by Crippen LogP contribution is -2.50. The first kappa shape index (κ1) is 18.9. The SMILES string of the molecule is CCC1(C(=O)Nc2ccc(CS(N)(=O)=O)cc2)CCCN1.Cl. The Balaban J connectivity index is 0.00000242. The number of sulfonamides is 1. The maximum absolute atomic E-state index is 12.4. The number of carbonyl (C=O) groups is 1. The number of rotatable bonds is 5. The number of nitrogens with one attached hydrogen (secondary N) is 2. The van der Waals surface area contributed by atoms with E-state index in [1.54, 1.807) is 24.3 Å². The van der Waals surface area contributed by atoms with Crippen LogP contribution in [0.1, 0.15) is 31.7 Å². The van der Waals surface area contributed by atoms with Crippen molar-refractivity contribution < 1.29 is 13.2 Å². The highest BCUT2D eigenvalue weighted by atomic mass is 35.5. The van der Waals surface area contributed by atoms with Crippen LogP contribution in [0.4, 0.5) is 5.69 Å². The highest BCUT2D eigenvalue weighted by molar-refractivity contribution is 7.88. The van der Waals surface area contributed by atoms with Crippen LogP contribution in [-0.4, -0.2) is 26.4 Å². The number of hydrogen-bond donors (Lipinski definition) is 3. The van der Waals surface area contributed by atoms with Gasteiger partial charge in [-0.1, -0.05) is 19.1 Å². The van der Waals surface area contributed by atoms with Gasteiger partial charge in [0.05, 0.1) is 11.3 Å². The van der Waals surface area contributed by atoms with E-state index in [1.807, 2.05) is 6.92 Å². The normalized spacial score (nSPS) is 21.2. The number of carbonyl (C=O) groups excluding carboxylic acids is 1. The van der Waals surface area contributed by atoms with Gasteiger partial charge in [-0.15, -0.1) is 12.4 Å². The van der Waals surface area contributed by atoms with E-state index in [0.29, 0.717) is 11.3 Å². The predicted molar refractivity (Wildman–Crippen MR) is 89.4 cm³/mol. The molecule has 1 atom stereocenters. The second-order valence-electron chi connectivity index (χ2n) is 5.42. The molecule has 0 radical (unpaired) electrons. The molecule has 1 aromatic carbocycles. The Hall–Kier alpha value is -1.15. The van der Waals surface area contributed by atoms with Crippen molar-refractivity contribution in [3.63, 3.8) is 0 Å². The molecule has 6 nitrogen and oxygen atoms in total. The summed E-state index contributed by atoms with van der Waals surface area (Å²) >= 11 is 0. The van der Waals surface area contributed by atoms with Crippen LogP contribution >= 0.6 is 12.4 Å². The zero-order valence-corrected chi connectivity index (χ0v) is 14.1. The van der Waals surface area contributed by atoms with Crippen LogP contribution in [0, 0.1) is 0 Å². The summed E-state index contributed by atoms with van der Waals surface area (Å²) in [4.78, 5) is 12.4. The van der Waals surface area contributed by atoms with Gasteiger partial charge in [0.2, 0.25) is 15.9 Å². The van der Waals surface area contributed by atoms with Gasteiger partial charge >= 0.3 is 0 Å². The van der Waals surface area contributed by atoms with Gasteiger partial charge in [0.15, 0.2) is 0 Å². The van der Waals surface area contributed by atoms with Gasteiger partial charge < -0.3 is 10.6 Å². The van der Waals surface area contributed by atoms with E-state index in [-0.39, 0.29) is 24.1 Å². The summed E-state index contributed by atoms with van der Waals surface area (Å²) in [5.74, 6) is -0.247. The molecular weight excluding hydrogens is 326 g/mol. The summed E-state index contributed by atoms with van der Waals surface area (Å²) in [7, 11) is -3.54. The number of nitrogens with two attached hydrogens (primary N) is 1. The largest absolute Gasteiger partial charge is 0.324 e. The molecular formula is C14H22ClN3O3S. The predicted octanol–water partition coefficient (Wildman–Crippen LogP) is 1.37. The minimum absolute atomic E-state index is 0. The van der Waals surface area contributed by atoms with Gasteiger partial charge in [0, 0.05) is 5.69 Å². The molecule has 0 saturated carbocycles. The fourth-order valence-electron chi connectivity index (χ4n) is 2.63. The molecule has 1 unspecified atom stereocenters. The number of halogens is 1. The molecule has 1 aromatic rings. The van der Waals surface area contributed by atoms with Crippen molar-refractivity contribution in [2.24, 2.45) is 5.14 Å². The van der Waals surface area contributed by atoms with Crippen molar-refractivity contribution in [1.82, 2.24) is 5.32 Å². The Morgan fingerprint density at radius 1 is 1.36 bits per heavy atom. The lowest BCUT2D eigenvalue weighted by Gasteiger charge is -2.26. The first-order chi connectivity index (χ1) is 9.85. The van der Waals surface area contributed by atoms with E-state index in [9.17, 15) is 13.2 Å². The van der Waals surface area contributed by atoms with Crippen LogP contribution in [0.2, 0.25) is 0 Å².